The normalized spacial score (nSPS) is 16.8. The van der Waals surface area contributed by atoms with E-state index < -0.39 is 0 Å². The summed E-state index contributed by atoms with van der Waals surface area (Å²) in [5.41, 5.74) is 1.44. The largest absolute Gasteiger partial charge is 0.493 e. The first kappa shape index (κ1) is 18.5. The standard InChI is InChI=1S/C20H23ClN2O3/c1-25-19-11-14(20(24)23-16-6-4-10-22-12-16)8-9-18(19)26-13-15-5-2-3-7-17(15)21/h2-3,5,7-9,11,16,22H,4,6,10,12-13H2,1H3,(H,23,24)/t16-/m0/s1. The second-order valence-corrected chi connectivity index (χ2v) is 6.67. The minimum Gasteiger partial charge on any atom is -0.493 e. The SMILES string of the molecule is COc1cc(C(=O)N[C@H]2CCCNC2)ccc1OCc1ccccc1Cl. The van der Waals surface area contributed by atoms with Crippen LogP contribution in [0.3, 0.4) is 0 Å². The van der Waals surface area contributed by atoms with Crippen molar-refractivity contribution in [2.45, 2.75) is 25.5 Å². The van der Waals surface area contributed by atoms with Crippen LogP contribution >= 0.6 is 11.6 Å². The number of benzene rings is 2. The fourth-order valence-electron chi connectivity index (χ4n) is 2.94. The smallest absolute Gasteiger partial charge is 0.251 e. The van der Waals surface area contributed by atoms with Crippen molar-refractivity contribution in [3.63, 3.8) is 0 Å². The molecule has 3 rings (SSSR count). The van der Waals surface area contributed by atoms with Crippen molar-refractivity contribution >= 4 is 17.5 Å². The van der Waals surface area contributed by atoms with E-state index in [2.05, 4.69) is 10.6 Å². The fraction of sp³-hybridized carbons (Fsp3) is 0.350. The van der Waals surface area contributed by atoms with Crippen LogP contribution in [0.2, 0.25) is 5.02 Å². The lowest BCUT2D eigenvalue weighted by Gasteiger charge is -2.24. The Balaban J connectivity index is 1.67. The molecule has 0 unspecified atom stereocenters. The Bertz CT molecular complexity index is 760. The van der Waals surface area contributed by atoms with Crippen molar-refractivity contribution in [3.05, 3.63) is 58.6 Å². The molecule has 138 valence electrons. The summed E-state index contributed by atoms with van der Waals surface area (Å²) in [6.45, 7) is 2.15. The van der Waals surface area contributed by atoms with Crippen LogP contribution in [-0.4, -0.2) is 32.1 Å². The van der Waals surface area contributed by atoms with Crippen LogP contribution in [0.5, 0.6) is 11.5 Å². The topological polar surface area (TPSA) is 59.6 Å². The zero-order valence-corrected chi connectivity index (χ0v) is 15.5. The summed E-state index contributed by atoms with van der Waals surface area (Å²) < 4.78 is 11.2. The molecule has 26 heavy (non-hydrogen) atoms. The second-order valence-electron chi connectivity index (χ2n) is 6.26. The van der Waals surface area contributed by atoms with Crippen LogP contribution in [0.1, 0.15) is 28.8 Å². The Labute approximate surface area is 158 Å². The third-order valence-corrected chi connectivity index (χ3v) is 4.77. The highest BCUT2D eigenvalue weighted by Gasteiger charge is 2.17. The van der Waals surface area contributed by atoms with E-state index in [0.717, 1.165) is 31.5 Å². The molecule has 0 aliphatic carbocycles. The average Bonchev–Trinajstić information content (AvgIpc) is 2.68. The molecular weight excluding hydrogens is 352 g/mol. The number of rotatable bonds is 6. The molecule has 2 N–H and O–H groups in total. The summed E-state index contributed by atoms with van der Waals surface area (Å²) in [6, 6.07) is 12.9. The van der Waals surface area contributed by atoms with Crippen molar-refractivity contribution in [1.82, 2.24) is 10.6 Å². The van der Waals surface area contributed by atoms with E-state index in [4.69, 9.17) is 21.1 Å². The number of hydrogen-bond acceptors (Lipinski definition) is 4. The van der Waals surface area contributed by atoms with Crippen molar-refractivity contribution < 1.29 is 14.3 Å². The van der Waals surface area contributed by atoms with Gasteiger partial charge in [-0.25, -0.2) is 0 Å². The van der Waals surface area contributed by atoms with Crippen LogP contribution in [0, 0.1) is 0 Å². The number of methoxy groups -OCH3 is 1. The van der Waals surface area contributed by atoms with Gasteiger partial charge in [-0.1, -0.05) is 29.8 Å². The number of carbonyl (C=O) groups excluding carboxylic acids is 1. The summed E-state index contributed by atoms with van der Waals surface area (Å²) in [5, 5.41) is 7.00. The van der Waals surface area contributed by atoms with Gasteiger partial charge in [0.1, 0.15) is 6.61 Å². The molecule has 1 heterocycles. The van der Waals surface area contributed by atoms with Crippen LogP contribution in [-0.2, 0) is 6.61 Å². The Kier molecular flexibility index (Phi) is 6.36. The van der Waals surface area contributed by atoms with Crippen molar-refractivity contribution in [2.75, 3.05) is 20.2 Å². The van der Waals surface area contributed by atoms with Crippen molar-refractivity contribution in [1.29, 1.82) is 0 Å². The van der Waals surface area contributed by atoms with Crippen LogP contribution < -0.4 is 20.1 Å². The first-order valence-corrected chi connectivity index (χ1v) is 9.11. The Morgan fingerprint density at radius 3 is 2.85 bits per heavy atom. The highest BCUT2D eigenvalue weighted by Crippen LogP contribution is 2.29. The minimum absolute atomic E-state index is 0.102. The average molecular weight is 375 g/mol. The molecule has 1 amide bonds. The van der Waals surface area contributed by atoms with Gasteiger partial charge in [0.25, 0.3) is 5.91 Å². The highest BCUT2D eigenvalue weighted by atomic mass is 35.5. The molecule has 0 radical (unpaired) electrons. The predicted octanol–water partition coefficient (Wildman–Crippen LogP) is 3.41. The van der Waals surface area contributed by atoms with Gasteiger partial charge in [0.05, 0.1) is 7.11 Å². The zero-order valence-electron chi connectivity index (χ0n) is 14.8. The van der Waals surface area contributed by atoms with Gasteiger partial charge in [-0.2, -0.15) is 0 Å². The summed E-state index contributed by atoms with van der Waals surface area (Å²) in [6.07, 6.45) is 2.07. The molecule has 5 nitrogen and oxygen atoms in total. The second kappa shape index (κ2) is 8.92. The molecule has 0 bridgehead atoms. The monoisotopic (exact) mass is 374 g/mol. The summed E-state index contributed by atoms with van der Waals surface area (Å²) in [5.74, 6) is 0.990. The van der Waals surface area contributed by atoms with Gasteiger partial charge < -0.3 is 20.1 Å². The number of halogens is 1. The number of amides is 1. The molecule has 1 saturated heterocycles. The van der Waals surface area contributed by atoms with Gasteiger partial charge in [0, 0.05) is 28.7 Å². The van der Waals surface area contributed by atoms with Crippen molar-refractivity contribution in [2.24, 2.45) is 0 Å². The maximum Gasteiger partial charge on any atom is 0.251 e. The van der Waals surface area contributed by atoms with E-state index >= 15 is 0 Å². The third-order valence-electron chi connectivity index (χ3n) is 4.40. The molecule has 1 aliphatic heterocycles. The molecule has 1 atom stereocenters. The van der Waals surface area contributed by atoms with Gasteiger partial charge in [-0.05, 0) is 43.7 Å². The van der Waals surface area contributed by atoms with E-state index in [9.17, 15) is 4.79 Å². The molecular formula is C20H23ClN2O3. The molecule has 0 aromatic heterocycles. The first-order chi connectivity index (χ1) is 12.7. The molecule has 1 aliphatic rings. The first-order valence-electron chi connectivity index (χ1n) is 8.73. The summed E-state index contributed by atoms with van der Waals surface area (Å²) in [4.78, 5) is 12.5. The van der Waals surface area contributed by atoms with E-state index in [0.29, 0.717) is 28.7 Å². The Hall–Kier alpha value is -2.24. The fourth-order valence-corrected chi connectivity index (χ4v) is 3.13. The van der Waals surface area contributed by atoms with Gasteiger partial charge in [-0.15, -0.1) is 0 Å². The molecule has 0 saturated carbocycles. The van der Waals surface area contributed by atoms with Gasteiger partial charge >= 0.3 is 0 Å². The lowest BCUT2D eigenvalue weighted by molar-refractivity contribution is 0.0930. The van der Waals surface area contributed by atoms with E-state index in [-0.39, 0.29) is 11.9 Å². The Morgan fingerprint density at radius 2 is 2.12 bits per heavy atom. The molecule has 0 spiro atoms. The maximum atomic E-state index is 12.5. The number of carbonyl (C=O) groups is 1. The van der Waals surface area contributed by atoms with E-state index in [1.807, 2.05) is 24.3 Å². The number of hydrogen-bond donors (Lipinski definition) is 2. The predicted molar refractivity (Wildman–Crippen MR) is 102 cm³/mol. The van der Waals surface area contributed by atoms with E-state index in [1.165, 1.54) is 0 Å². The quantitative estimate of drug-likeness (QED) is 0.813. The van der Waals surface area contributed by atoms with Crippen LogP contribution in [0.4, 0.5) is 0 Å². The number of piperidine rings is 1. The van der Waals surface area contributed by atoms with Gasteiger partial charge in [0.15, 0.2) is 11.5 Å². The number of nitrogens with one attached hydrogen (secondary N) is 2. The number of ether oxygens (including phenoxy) is 2. The Morgan fingerprint density at radius 1 is 1.27 bits per heavy atom. The lowest BCUT2D eigenvalue weighted by atomic mass is 10.1. The summed E-state index contributed by atoms with van der Waals surface area (Å²) in [7, 11) is 1.56. The van der Waals surface area contributed by atoms with Gasteiger partial charge in [0.2, 0.25) is 0 Å². The maximum absolute atomic E-state index is 12.5. The molecule has 1 fully saturated rings. The van der Waals surface area contributed by atoms with E-state index in [1.54, 1.807) is 25.3 Å². The highest BCUT2D eigenvalue weighted by molar-refractivity contribution is 6.31. The zero-order chi connectivity index (χ0) is 18.4. The van der Waals surface area contributed by atoms with Crippen molar-refractivity contribution in [3.8, 4) is 11.5 Å². The third kappa shape index (κ3) is 4.68. The van der Waals surface area contributed by atoms with Crippen LogP contribution in [0.15, 0.2) is 42.5 Å². The lowest BCUT2D eigenvalue weighted by Crippen LogP contribution is -2.45. The molecule has 6 heteroatoms. The van der Waals surface area contributed by atoms with Gasteiger partial charge in [-0.3, -0.25) is 4.79 Å². The summed E-state index contributed by atoms with van der Waals surface area (Å²) >= 11 is 6.15. The molecule has 2 aromatic rings. The molecule has 2 aromatic carbocycles. The minimum atomic E-state index is -0.102. The van der Waals surface area contributed by atoms with Crippen LogP contribution in [0.25, 0.3) is 0 Å².